The molecule has 0 heterocycles. The summed E-state index contributed by atoms with van der Waals surface area (Å²) >= 11 is 0. The highest BCUT2D eigenvalue weighted by Crippen LogP contribution is 1.94. The minimum Gasteiger partial charge on any atom is -0.464 e. The Balaban J connectivity index is 4.51. The molecule has 0 aliphatic rings. The highest BCUT2D eigenvalue weighted by molar-refractivity contribution is 6.02. The second-order valence-electron chi connectivity index (χ2n) is 3.34. The van der Waals surface area contributed by atoms with Crippen molar-refractivity contribution in [2.75, 3.05) is 19.8 Å². The van der Waals surface area contributed by atoms with Crippen LogP contribution in [-0.2, 0) is 19.1 Å². The van der Waals surface area contributed by atoms with Gasteiger partial charge in [0.1, 0.15) is 0 Å². The molecule has 18 heavy (non-hydrogen) atoms. The first kappa shape index (κ1) is 16.2. The Labute approximate surface area is 106 Å². The average Bonchev–Trinajstić information content (AvgIpc) is 2.33. The first-order chi connectivity index (χ1) is 8.56. The molecule has 0 aliphatic carbocycles. The lowest BCUT2D eigenvalue weighted by molar-refractivity contribution is -0.157. The zero-order chi connectivity index (χ0) is 14.0. The van der Waals surface area contributed by atoms with E-state index in [4.69, 9.17) is 9.47 Å². The molecule has 0 spiro atoms. The van der Waals surface area contributed by atoms with E-state index in [9.17, 15) is 14.4 Å². The van der Waals surface area contributed by atoms with Crippen LogP contribution in [0.3, 0.4) is 0 Å². The van der Waals surface area contributed by atoms with Crippen molar-refractivity contribution in [3.8, 4) is 0 Å². The number of nitrogens with one attached hydrogen (secondary N) is 2. The van der Waals surface area contributed by atoms with Crippen LogP contribution in [0.4, 0.5) is 4.79 Å². The van der Waals surface area contributed by atoms with E-state index in [2.05, 4.69) is 10.6 Å². The Bertz CT molecular complexity index is 275. The third kappa shape index (κ3) is 6.07. The zero-order valence-corrected chi connectivity index (χ0v) is 10.9. The van der Waals surface area contributed by atoms with E-state index in [-0.39, 0.29) is 13.2 Å². The van der Waals surface area contributed by atoms with E-state index in [1.807, 2.05) is 6.92 Å². The van der Waals surface area contributed by atoms with E-state index < -0.39 is 24.0 Å². The van der Waals surface area contributed by atoms with Gasteiger partial charge in [-0.25, -0.2) is 14.4 Å². The van der Waals surface area contributed by atoms with Crippen LogP contribution >= 0.6 is 0 Å². The summed E-state index contributed by atoms with van der Waals surface area (Å²) in [4.78, 5) is 34.4. The summed E-state index contributed by atoms with van der Waals surface area (Å²) in [5.41, 5.74) is 0. The molecular formula is C11H20N2O5. The van der Waals surface area contributed by atoms with Crippen LogP contribution in [0.1, 0.15) is 27.2 Å². The number of urea groups is 1. The van der Waals surface area contributed by atoms with Crippen molar-refractivity contribution in [1.82, 2.24) is 10.6 Å². The molecule has 0 radical (unpaired) electrons. The fourth-order valence-corrected chi connectivity index (χ4v) is 1.09. The number of hydrogen-bond acceptors (Lipinski definition) is 5. The van der Waals surface area contributed by atoms with Gasteiger partial charge in [-0.15, -0.1) is 0 Å². The molecule has 0 aromatic rings. The number of ether oxygens (including phenoxy) is 2. The molecule has 0 aromatic heterocycles. The second kappa shape index (κ2) is 9.26. The average molecular weight is 260 g/mol. The van der Waals surface area contributed by atoms with Gasteiger partial charge in [0.2, 0.25) is 6.04 Å². The highest BCUT2D eigenvalue weighted by atomic mass is 16.6. The lowest BCUT2D eigenvalue weighted by Gasteiger charge is -2.16. The Morgan fingerprint density at radius 3 is 1.89 bits per heavy atom. The zero-order valence-electron chi connectivity index (χ0n) is 10.9. The number of hydrogen-bond donors (Lipinski definition) is 2. The summed E-state index contributed by atoms with van der Waals surface area (Å²) < 4.78 is 9.39. The summed E-state index contributed by atoms with van der Waals surface area (Å²) in [6.07, 6.45) is 0.747. The monoisotopic (exact) mass is 260 g/mol. The first-order valence-corrected chi connectivity index (χ1v) is 5.94. The summed E-state index contributed by atoms with van der Waals surface area (Å²) in [5.74, 6) is -1.66. The minimum atomic E-state index is -1.43. The fraction of sp³-hybridized carbons (Fsp3) is 0.727. The van der Waals surface area contributed by atoms with Crippen LogP contribution < -0.4 is 10.6 Å². The van der Waals surface area contributed by atoms with Gasteiger partial charge in [-0.05, 0) is 20.3 Å². The molecule has 7 heteroatoms. The molecule has 0 bridgehead atoms. The standard InChI is InChI=1S/C11H20N2O5/c1-4-7-12-11(16)13-8(9(14)17-5-2)10(15)18-6-3/h8H,4-7H2,1-3H3,(H2,12,13,16). The Morgan fingerprint density at radius 2 is 1.50 bits per heavy atom. The van der Waals surface area contributed by atoms with E-state index >= 15 is 0 Å². The summed E-state index contributed by atoms with van der Waals surface area (Å²) in [6, 6.07) is -2.04. The summed E-state index contributed by atoms with van der Waals surface area (Å²) in [7, 11) is 0. The van der Waals surface area contributed by atoms with Crippen molar-refractivity contribution < 1.29 is 23.9 Å². The summed E-state index contributed by atoms with van der Waals surface area (Å²) in [5, 5.41) is 4.71. The van der Waals surface area contributed by atoms with Crippen LogP contribution in [0, 0.1) is 0 Å². The van der Waals surface area contributed by atoms with Crippen molar-refractivity contribution in [2.24, 2.45) is 0 Å². The van der Waals surface area contributed by atoms with Gasteiger partial charge in [-0.2, -0.15) is 0 Å². The number of amides is 2. The third-order valence-electron chi connectivity index (χ3n) is 1.86. The fourth-order valence-electron chi connectivity index (χ4n) is 1.09. The van der Waals surface area contributed by atoms with E-state index in [1.165, 1.54) is 0 Å². The maximum Gasteiger partial charge on any atom is 0.340 e. The number of carbonyl (C=O) groups is 3. The van der Waals surface area contributed by atoms with Crippen LogP contribution in [0.25, 0.3) is 0 Å². The van der Waals surface area contributed by atoms with Crippen LogP contribution in [0.2, 0.25) is 0 Å². The maximum atomic E-state index is 11.5. The van der Waals surface area contributed by atoms with Crippen molar-refractivity contribution in [3.05, 3.63) is 0 Å². The van der Waals surface area contributed by atoms with Gasteiger partial charge in [-0.3, -0.25) is 0 Å². The maximum absolute atomic E-state index is 11.5. The minimum absolute atomic E-state index is 0.118. The smallest absolute Gasteiger partial charge is 0.340 e. The summed E-state index contributed by atoms with van der Waals surface area (Å²) in [6.45, 7) is 5.78. The van der Waals surface area contributed by atoms with Gasteiger partial charge >= 0.3 is 18.0 Å². The van der Waals surface area contributed by atoms with Crippen LogP contribution in [0.15, 0.2) is 0 Å². The number of carbonyl (C=O) groups excluding carboxylic acids is 3. The van der Waals surface area contributed by atoms with Gasteiger partial charge < -0.3 is 20.1 Å². The predicted octanol–water partition coefficient (Wildman–Crippen LogP) is 0.190. The second-order valence-corrected chi connectivity index (χ2v) is 3.34. The molecule has 0 saturated heterocycles. The molecule has 2 N–H and O–H groups in total. The Hall–Kier alpha value is -1.79. The molecule has 0 fully saturated rings. The lowest BCUT2D eigenvalue weighted by Crippen LogP contribution is -2.51. The van der Waals surface area contributed by atoms with E-state index in [0.29, 0.717) is 6.54 Å². The Morgan fingerprint density at radius 1 is 1.00 bits per heavy atom. The topological polar surface area (TPSA) is 93.7 Å². The van der Waals surface area contributed by atoms with E-state index in [1.54, 1.807) is 13.8 Å². The molecule has 104 valence electrons. The van der Waals surface area contributed by atoms with Crippen molar-refractivity contribution in [2.45, 2.75) is 33.2 Å². The molecule has 2 amide bonds. The van der Waals surface area contributed by atoms with Gasteiger partial charge in [-0.1, -0.05) is 6.92 Å². The number of rotatable bonds is 7. The normalized spacial score (nSPS) is 9.78. The van der Waals surface area contributed by atoms with Crippen molar-refractivity contribution in [3.63, 3.8) is 0 Å². The molecule has 7 nitrogen and oxygen atoms in total. The molecule has 0 saturated carbocycles. The lowest BCUT2D eigenvalue weighted by atomic mass is 10.3. The Kier molecular flexibility index (Phi) is 8.34. The molecule has 0 rings (SSSR count). The first-order valence-electron chi connectivity index (χ1n) is 5.94. The molecule has 0 aromatic carbocycles. The van der Waals surface area contributed by atoms with Crippen LogP contribution in [-0.4, -0.2) is 43.8 Å². The SMILES string of the molecule is CCCNC(=O)NC(C(=O)OCC)C(=O)OCC. The molecule has 0 aliphatic heterocycles. The molecular weight excluding hydrogens is 240 g/mol. The van der Waals surface area contributed by atoms with Crippen molar-refractivity contribution in [1.29, 1.82) is 0 Å². The van der Waals surface area contributed by atoms with E-state index in [0.717, 1.165) is 6.42 Å². The number of esters is 2. The van der Waals surface area contributed by atoms with Crippen LogP contribution in [0.5, 0.6) is 0 Å². The van der Waals surface area contributed by atoms with Gasteiger partial charge in [0.25, 0.3) is 0 Å². The van der Waals surface area contributed by atoms with Gasteiger partial charge in [0, 0.05) is 6.54 Å². The molecule has 0 atom stereocenters. The molecule has 0 unspecified atom stereocenters. The predicted molar refractivity (Wildman–Crippen MR) is 63.9 cm³/mol. The third-order valence-corrected chi connectivity index (χ3v) is 1.86. The highest BCUT2D eigenvalue weighted by Gasteiger charge is 2.31. The van der Waals surface area contributed by atoms with Gasteiger partial charge in [0.05, 0.1) is 13.2 Å². The quantitative estimate of drug-likeness (QED) is 0.503. The van der Waals surface area contributed by atoms with Crippen molar-refractivity contribution >= 4 is 18.0 Å². The largest absolute Gasteiger partial charge is 0.464 e. The van der Waals surface area contributed by atoms with Gasteiger partial charge in [0.15, 0.2) is 0 Å².